The Morgan fingerprint density at radius 2 is 2.25 bits per heavy atom. The molecule has 0 unspecified atom stereocenters. The molecule has 0 saturated heterocycles. The molecule has 0 N–H and O–H groups in total. The van der Waals surface area contributed by atoms with Crippen LogP contribution >= 0.6 is 0 Å². The van der Waals surface area contributed by atoms with Gasteiger partial charge in [-0.05, 0) is 19.8 Å². The maximum atomic E-state index is 11.6. The van der Waals surface area contributed by atoms with E-state index in [1.165, 1.54) is 0 Å². The maximum absolute atomic E-state index is 11.6. The minimum atomic E-state index is -0.164. The zero-order valence-corrected chi connectivity index (χ0v) is 8.02. The Hall–Kier alpha value is -0.790. The van der Waals surface area contributed by atoms with Crippen molar-refractivity contribution in [2.45, 2.75) is 33.6 Å². The quantitative estimate of drug-likeness (QED) is 0.467. The molecule has 0 heterocycles. The molecular weight excluding hydrogens is 152 g/mol. The predicted octanol–water partition coefficient (Wildman–Crippen LogP) is 2.30. The lowest BCUT2D eigenvalue weighted by atomic mass is 9.90. The zero-order valence-electron chi connectivity index (χ0n) is 8.02. The average Bonchev–Trinajstić information content (AvgIpc) is 2.26. The number of ketones is 1. The number of Topliss-reactive ketones (excluding diaryl/α,β-unsaturated/α-hetero) is 1. The van der Waals surface area contributed by atoms with Gasteiger partial charge >= 0.3 is 0 Å². The second-order valence-electron chi connectivity index (χ2n) is 3.81. The van der Waals surface area contributed by atoms with Crippen molar-refractivity contribution >= 4 is 5.78 Å². The van der Waals surface area contributed by atoms with Gasteiger partial charge in [0.15, 0.2) is 5.78 Å². The van der Waals surface area contributed by atoms with Crippen molar-refractivity contribution in [2.75, 3.05) is 6.61 Å². The minimum Gasteiger partial charge on any atom is -0.501 e. The van der Waals surface area contributed by atoms with Crippen molar-refractivity contribution in [1.29, 1.82) is 0 Å². The first-order valence-corrected chi connectivity index (χ1v) is 4.43. The molecule has 1 fully saturated rings. The van der Waals surface area contributed by atoms with Crippen LogP contribution in [0.25, 0.3) is 0 Å². The molecule has 2 heteroatoms. The number of carbonyl (C=O) groups is 1. The number of hydrogen-bond acceptors (Lipinski definition) is 2. The van der Waals surface area contributed by atoms with Crippen LogP contribution in [-0.2, 0) is 9.53 Å². The first kappa shape index (κ1) is 9.30. The molecule has 0 aliphatic heterocycles. The van der Waals surface area contributed by atoms with E-state index < -0.39 is 0 Å². The summed E-state index contributed by atoms with van der Waals surface area (Å²) in [6, 6.07) is 0. The summed E-state index contributed by atoms with van der Waals surface area (Å²) >= 11 is 0. The third kappa shape index (κ3) is 1.68. The highest BCUT2D eigenvalue weighted by atomic mass is 16.5. The van der Waals surface area contributed by atoms with Gasteiger partial charge in [-0.2, -0.15) is 0 Å². The molecule has 1 aliphatic rings. The van der Waals surface area contributed by atoms with E-state index in [2.05, 4.69) is 0 Å². The standard InChI is InChI=1S/C10H16O2/c1-4-12-7-8-5-6-10(2,3)9(8)11/h7H,4-6H2,1-3H3. The molecule has 0 atom stereocenters. The van der Waals surface area contributed by atoms with Crippen LogP contribution in [0.3, 0.4) is 0 Å². The molecule has 0 aromatic rings. The summed E-state index contributed by atoms with van der Waals surface area (Å²) in [7, 11) is 0. The van der Waals surface area contributed by atoms with E-state index in [4.69, 9.17) is 4.74 Å². The molecule has 0 radical (unpaired) electrons. The summed E-state index contributed by atoms with van der Waals surface area (Å²) in [5.41, 5.74) is 0.685. The second-order valence-corrected chi connectivity index (χ2v) is 3.81. The summed E-state index contributed by atoms with van der Waals surface area (Å²) < 4.78 is 5.10. The smallest absolute Gasteiger partial charge is 0.167 e. The third-order valence-corrected chi connectivity index (χ3v) is 2.32. The Balaban J connectivity index is 2.67. The van der Waals surface area contributed by atoms with Gasteiger partial charge in [-0.15, -0.1) is 0 Å². The van der Waals surface area contributed by atoms with Gasteiger partial charge in [-0.25, -0.2) is 0 Å². The summed E-state index contributed by atoms with van der Waals surface area (Å²) in [4.78, 5) is 11.6. The molecular formula is C10H16O2. The highest BCUT2D eigenvalue weighted by molar-refractivity contribution is 6.01. The summed E-state index contributed by atoms with van der Waals surface area (Å²) in [6.07, 6.45) is 3.44. The van der Waals surface area contributed by atoms with Crippen LogP contribution in [0.1, 0.15) is 33.6 Å². The summed E-state index contributed by atoms with van der Waals surface area (Å²) in [6.45, 7) is 6.53. The van der Waals surface area contributed by atoms with E-state index >= 15 is 0 Å². The summed E-state index contributed by atoms with van der Waals surface area (Å²) in [5, 5.41) is 0. The molecule has 0 aromatic heterocycles. The van der Waals surface area contributed by atoms with Crippen molar-refractivity contribution in [3.8, 4) is 0 Å². The van der Waals surface area contributed by atoms with Crippen LogP contribution in [-0.4, -0.2) is 12.4 Å². The minimum absolute atomic E-state index is 0.164. The maximum Gasteiger partial charge on any atom is 0.167 e. The number of rotatable bonds is 2. The molecule has 0 spiro atoms. The number of ether oxygens (including phenoxy) is 1. The topological polar surface area (TPSA) is 26.3 Å². The van der Waals surface area contributed by atoms with Crippen molar-refractivity contribution in [1.82, 2.24) is 0 Å². The van der Waals surface area contributed by atoms with Crippen molar-refractivity contribution in [3.05, 3.63) is 11.8 Å². The fourth-order valence-electron chi connectivity index (χ4n) is 1.41. The van der Waals surface area contributed by atoms with Crippen molar-refractivity contribution < 1.29 is 9.53 Å². The van der Waals surface area contributed by atoms with E-state index in [1.54, 1.807) is 6.26 Å². The van der Waals surface area contributed by atoms with Gasteiger partial charge in [-0.1, -0.05) is 13.8 Å². The van der Waals surface area contributed by atoms with Gasteiger partial charge in [0.05, 0.1) is 12.9 Å². The average molecular weight is 168 g/mol. The lowest BCUT2D eigenvalue weighted by Gasteiger charge is -2.12. The monoisotopic (exact) mass is 168 g/mol. The molecule has 1 rings (SSSR count). The molecule has 0 aromatic carbocycles. The molecule has 0 amide bonds. The summed E-state index contributed by atoms with van der Waals surface area (Å²) in [5.74, 6) is 0.246. The van der Waals surface area contributed by atoms with Gasteiger partial charge in [0.1, 0.15) is 0 Å². The number of carbonyl (C=O) groups excluding carboxylic acids is 1. The van der Waals surface area contributed by atoms with Crippen LogP contribution in [0.4, 0.5) is 0 Å². The van der Waals surface area contributed by atoms with E-state index in [9.17, 15) is 4.79 Å². The van der Waals surface area contributed by atoms with Crippen LogP contribution in [0.15, 0.2) is 11.8 Å². The molecule has 1 aliphatic carbocycles. The zero-order chi connectivity index (χ0) is 9.19. The first-order valence-electron chi connectivity index (χ1n) is 4.43. The highest BCUT2D eigenvalue weighted by Gasteiger charge is 2.36. The molecule has 1 saturated carbocycles. The second kappa shape index (κ2) is 3.30. The largest absolute Gasteiger partial charge is 0.501 e. The van der Waals surface area contributed by atoms with Gasteiger partial charge in [-0.3, -0.25) is 4.79 Å². The Morgan fingerprint density at radius 3 is 2.67 bits per heavy atom. The Kier molecular flexibility index (Phi) is 2.55. The van der Waals surface area contributed by atoms with Crippen LogP contribution in [0.5, 0.6) is 0 Å². The number of hydrogen-bond donors (Lipinski definition) is 0. The van der Waals surface area contributed by atoms with E-state index in [1.807, 2.05) is 20.8 Å². The Labute approximate surface area is 73.6 Å². The van der Waals surface area contributed by atoms with Crippen LogP contribution in [0, 0.1) is 5.41 Å². The van der Waals surface area contributed by atoms with Gasteiger partial charge in [0.25, 0.3) is 0 Å². The fraction of sp³-hybridized carbons (Fsp3) is 0.700. The van der Waals surface area contributed by atoms with E-state index in [0.29, 0.717) is 6.61 Å². The lowest BCUT2D eigenvalue weighted by molar-refractivity contribution is -0.121. The fourth-order valence-corrected chi connectivity index (χ4v) is 1.41. The Bertz CT molecular complexity index is 214. The van der Waals surface area contributed by atoms with Crippen LogP contribution in [0.2, 0.25) is 0 Å². The first-order chi connectivity index (χ1) is 5.58. The molecule has 12 heavy (non-hydrogen) atoms. The molecule has 0 bridgehead atoms. The normalized spacial score (nSPS) is 24.9. The van der Waals surface area contributed by atoms with Crippen molar-refractivity contribution in [3.63, 3.8) is 0 Å². The van der Waals surface area contributed by atoms with Crippen LogP contribution < -0.4 is 0 Å². The van der Waals surface area contributed by atoms with Gasteiger partial charge in [0.2, 0.25) is 0 Å². The Morgan fingerprint density at radius 1 is 1.58 bits per heavy atom. The SMILES string of the molecule is CCOC=C1CCC(C)(C)C1=O. The van der Waals surface area contributed by atoms with Crippen molar-refractivity contribution in [2.24, 2.45) is 5.41 Å². The molecule has 2 nitrogen and oxygen atoms in total. The van der Waals surface area contributed by atoms with E-state index in [0.717, 1.165) is 18.4 Å². The number of allylic oxidation sites excluding steroid dienone is 1. The predicted molar refractivity (Wildman–Crippen MR) is 47.7 cm³/mol. The van der Waals surface area contributed by atoms with Gasteiger partial charge in [0, 0.05) is 11.0 Å². The lowest BCUT2D eigenvalue weighted by Crippen LogP contribution is -2.17. The third-order valence-electron chi connectivity index (χ3n) is 2.32. The molecule has 68 valence electrons. The highest BCUT2D eigenvalue weighted by Crippen LogP contribution is 2.36. The van der Waals surface area contributed by atoms with Gasteiger partial charge < -0.3 is 4.74 Å². The van der Waals surface area contributed by atoms with E-state index in [-0.39, 0.29) is 11.2 Å².